The third kappa shape index (κ3) is 4.22. The van der Waals surface area contributed by atoms with Crippen molar-refractivity contribution in [2.45, 2.75) is 33.4 Å². The number of carbonyl (C=O) groups is 1. The van der Waals surface area contributed by atoms with Crippen molar-refractivity contribution in [2.24, 2.45) is 0 Å². The summed E-state index contributed by atoms with van der Waals surface area (Å²) >= 11 is 6.06. The van der Waals surface area contributed by atoms with Crippen LogP contribution in [0.25, 0.3) is 0 Å². The molecule has 2 aromatic rings. The number of benzene rings is 1. The number of amides is 1. The summed E-state index contributed by atoms with van der Waals surface area (Å²) in [6.45, 7) is 10.1. The summed E-state index contributed by atoms with van der Waals surface area (Å²) in [6, 6.07) is 8.28. The Morgan fingerprint density at radius 3 is 2.56 bits per heavy atom. The van der Waals surface area contributed by atoms with Crippen LogP contribution in [-0.2, 0) is 11.3 Å². The topological polar surface area (TPSA) is 41.4 Å². The first-order chi connectivity index (χ1) is 11.9. The standard InChI is InChI=1S/C19H25ClN4O/c1-14-5-4-6-17(11-14)12-22-7-9-23(10-8-22)19(25)16(3)24-13-18(20)15(2)21-24/h4-6,11,13,16H,7-10,12H2,1-3H3. The van der Waals surface area contributed by atoms with Gasteiger partial charge in [-0.3, -0.25) is 14.4 Å². The molecular formula is C19H25ClN4O. The fourth-order valence-electron chi connectivity index (χ4n) is 3.23. The van der Waals surface area contributed by atoms with Gasteiger partial charge in [-0.25, -0.2) is 0 Å². The monoisotopic (exact) mass is 360 g/mol. The summed E-state index contributed by atoms with van der Waals surface area (Å²) in [5.74, 6) is 0.106. The molecule has 0 spiro atoms. The number of halogens is 1. The van der Waals surface area contributed by atoms with Crippen LogP contribution in [0.1, 0.15) is 29.8 Å². The van der Waals surface area contributed by atoms with Crippen LogP contribution in [0.3, 0.4) is 0 Å². The minimum Gasteiger partial charge on any atom is -0.338 e. The van der Waals surface area contributed by atoms with Gasteiger partial charge in [-0.1, -0.05) is 41.4 Å². The van der Waals surface area contributed by atoms with Crippen molar-refractivity contribution >= 4 is 17.5 Å². The van der Waals surface area contributed by atoms with Crippen LogP contribution in [0.2, 0.25) is 5.02 Å². The highest BCUT2D eigenvalue weighted by Crippen LogP contribution is 2.18. The van der Waals surface area contributed by atoms with E-state index in [-0.39, 0.29) is 11.9 Å². The molecular weight excluding hydrogens is 336 g/mol. The maximum atomic E-state index is 12.7. The molecule has 0 aliphatic carbocycles. The second-order valence-corrected chi connectivity index (χ2v) is 7.22. The lowest BCUT2D eigenvalue weighted by Gasteiger charge is -2.36. The summed E-state index contributed by atoms with van der Waals surface area (Å²) in [6.07, 6.45) is 1.73. The van der Waals surface area contributed by atoms with Gasteiger partial charge in [-0.2, -0.15) is 5.10 Å². The first kappa shape index (κ1) is 18.0. The van der Waals surface area contributed by atoms with E-state index in [1.54, 1.807) is 10.9 Å². The third-order valence-electron chi connectivity index (χ3n) is 4.78. The molecule has 0 bridgehead atoms. The largest absolute Gasteiger partial charge is 0.338 e. The van der Waals surface area contributed by atoms with Gasteiger partial charge in [0.1, 0.15) is 6.04 Å². The van der Waals surface area contributed by atoms with E-state index in [4.69, 9.17) is 11.6 Å². The van der Waals surface area contributed by atoms with Crippen LogP contribution in [0, 0.1) is 13.8 Å². The van der Waals surface area contributed by atoms with Crippen molar-refractivity contribution in [1.29, 1.82) is 0 Å². The highest BCUT2D eigenvalue weighted by molar-refractivity contribution is 6.31. The smallest absolute Gasteiger partial charge is 0.247 e. The molecule has 1 amide bonds. The van der Waals surface area contributed by atoms with E-state index in [2.05, 4.69) is 41.2 Å². The molecule has 3 rings (SSSR count). The van der Waals surface area contributed by atoms with Crippen LogP contribution < -0.4 is 0 Å². The molecule has 1 aromatic heterocycles. The lowest BCUT2D eigenvalue weighted by Crippen LogP contribution is -2.49. The molecule has 6 heteroatoms. The lowest BCUT2D eigenvalue weighted by atomic mass is 10.1. The molecule has 1 aromatic carbocycles. The van der Waals surface area contributed by atoms with Gasteiger partial charge in [-0.15, -0.1) is 0 Å². The Morgan fingerprint density at radius 2 is 1.96 bits per heavy atom. The number of nitrogens with zero attached hydrogens (tertiary/aromatic N) is 4. The second-order valence-electron chi connectivity index (χ2n) is 6.81. The summed E-state index contributed by atoms with van der Waals surface area (Å²) in [5, 5.41) is 4.93. The molecule has 0 N–H and O–H groups in total. The maximum absolute atomic E-state index is 12.7. The van der Waals surface area contributed by atoms with E-state index in [1.165, 1.54) is 11.1 Å². The fraction of sp³-hybridized carbons (Fsp3) is 0.474. The minimum atomic E-state index is -0.325. The quantitative estimate of drug-likeness (QED) is 0.841. The van der Waals surface area contributed by atoms with Gasteiger partial charge < -0.3 is 4.90 Å². The normalized spacial score (nSPS) is 16.9. The highest BCUT2D eigenvalue weighted by Gasteiger charge is 2.26. The van der Waals surface area contributed by atoms with E-state index in [0.29, 0.717) is 5.02 Å². The first-order valence-corrected chi connectivity index (χ1v) is 9.10. The van der Waals surface area contributed by atoms with Crippen molar-refractivity contribution in [1.82, 2.24) is 19.6 Å². The second kappa shape index (κ2) is 7.58. The average Bonchev–Trinajstić information content (AvgIpc) is 2.93. The number of carbonyl (C=O) groups excluding carboxylic acids is 1. The van der Waals surface area contributed by atoms with Gasteiger partial charge in [0, 0.05) is 38.9 Å². The predicted molar refractivity (Wildman–Crippen MR) is 99.7 cm³/mol. The van der Waals surface area contributed by atoms with Crippen molar-refractivity contribution in [3.63, 3.8) is 0 Å². The number of hydrogen-bond acceptors (Lipinski definition) is 3. The van der Waals surface area contributed by atoms with Crippen LogP contribution in [-0.4, -0.2) is 51.7 Å². The van der Waals surface area contributed by atoms with Crippen molar-refractivity contribution in [3.05, 3.63) is 52.3 Å². The van der Waals surface area contributed by atoms with Gasteiger partial charge in [-0.05, 0) is 26.3 Å². The summed E-state index contributed by atoms with van der Waals surface area (Å²) < 4.78 is 1.67. The Bertz CT molecular complexity index is 730. The SMILES string of the molecule is Cc1cccc(CN2CCN(C(=O)C(C)n3cc(Cl)c(C)n3)CC2)c1. The molecule has 0 saturated carbocycles. The third-order valence-corrected chi connectivity index (χ3v) is 5.15. The Labute approximate surface area is 154 Å². The first-order valence-electron chi connectivity index (χ1n) is 8.72. The average molecular weight is 361 g/mol. The zero-order chi connectivity index (χ0) is 18.0. The van der Waals surface area contributed by atoms with Gasteiger partial charge >= 0.3 is 0 Å². The number of piperazine rings is 1. The van der Waals surface area contributed by atoms with Crippen LogP contribution in [0.5, 0.6) is 0 Å². The van der Waals surface area contributed by atoms with Crippen LogP contribution >= 0.6 is 11.6 Å². The van der Waals surface area contributed by atoms with Crippen LogP contribution in [0.15, 0.2) is 30.5 Å². The lowest BCUT2D eigenvalue weighted by molar-refractivity contribution is -0.136. The molecule has 0 radical (unpaired) electrons. The molecule has 25 heavy (non-hydrogen) atoms. The Hall–Kier alpha value is -1.85. The van der Waals surface area contributed by atoms with Crippen molar-refractivity contribution in [3.8, 4) is 0 Å². The predicted octanol–water partition coefficient (Wildman–Crippen LogP) is 3.06. The number of aryl methyl sites for hydroxylation is 2. The molecule has 1 unspecified atom stereocenters. The van der Waals surface area contributed by atoms with E-state index in [9.17, 15) is 4.79 Å². The van der Waals surface area contributed by atoms with Gasteiger partial charge in [0.25, 0.3) is 0 Å². The van der Waals surface area contributed by atoms with Crippen LogP contribution in [0.4, 0.5) is 0 Å². The summed E-state index contributed by atoms with van der Waals surface area (Å²) in [4.78, 5) is 17.1. The molecule has 1 fully saturated rings. The molecule has 1 aliphatic heterocycles. The van der Waals surface area contributed by atoms with E-state index >= 15 is 0 Å². The van der Waals surface area contributed by atoms with E-state index in [1.807, 2.05) is 18.7 Å². The summed E-state index contributed by atoms with van der Waals surface area (Å²) in [5.41, 5.74) is 3.37. The molecule has 1 saturated heterocycles. The Balaban J connectivity index is 1.55. The van der Waals surface area contributed by atoms with Gasteiger partial charge in [0.15, 0.2) is 0 Å². The number of hydrogen-bond donors (Lipinski definition) is 0. The van der Waals surface area contributed by atoms with E-state index in [0.717, 1.165) is 38.4 Å². The number of aromatic nitrogens is 2. The number of rotatable bonds is 4. The molecule has 5 nitrogen and oxygen atoms in total. The highest BCUT2D eigenvalue weighted by atomic mass is 35.5. The minimum absolute atomic E-state index is 0.106. The zero-order valence-corrected chi connectivity index (χ0v) is 15.8. The van der Waals surface area contributed by atoms with Crippen molar-refractivity contribution in [2.75, 3.05) is 26.2 Å². The fourth-order valence-corrected chi connectivity index (χ4v) is 3.37. The molecule has 134 valence electrons. The van der Waals surface area contributed by atoms with Crippen molar-refractivity contribution < 1.29 is 4.79 Å². The molecule has 2 heterocycles. The Kier molecular flexibility index (Phi) is 5.45. The maximum Gasteiger partial charge on any atom is 0.247 e. The zero-order valence-electron chi connectivity index (χ0n) is 15.1. The summed E-state index contributed by atoms with van der Waals surface area (Å²) in [7, 11) is 0. The van der Waals surface area contributed by atoms with Gasteiger partial charge in [0.05, 0.1) is 10.7 Å². The molecule has 1 aliphatic rings. The Morgan fingerprint density at radius 1 is 1.24 bits per heavy atom. The molecule has 1 atom stereocenters. The van der Waals surface area contributed by atoms with E-state index < -0.39 is 0 Å². The van der Waals surface area contributed by atoms with Gasteiger partial charge in [0.2, 0.25) is 5.91 Å².